The maximum Gasteiger partial charge on any atom is 0.325 e. The summed E-state index contributed by atoms with van der Waals surface area (Å²) >= 11 is 1.61. The molecule has 168 valence electrons. The SMILES string of the molecule is O=C(CN1C(=O)N[C@@]2(CCCc3sccc32)C1=O)N(Cc1ccccc1)Cc1ccccc1. The number of thiophene rings is 1. The molecule has 0 bridgehead atoms. The van der Waals surface area contributed by atoms with Gasteiger partial charge in [-0.1, -0.05) is 60.7 Å². The number of imide groups is 1. The molecule has 7 heteroatoms. The zero-order chi connectivity index (χ0) is 22.8. The van der Waals surface area contributed by atoms with Crippen molar-refractivity contribution in [2.75, 3.05) is 6.54 Å². The van der Waals surface area contributed by atoms with E-state index in [4.69, 9.17) is 0 Å². The van der Waals surface area contributed by atoms with Crippen LogP contribution in [0.3, 0.4) is 0 Å². The number of hydrogen-bond donors (Lipinski definition) is 1. The molecule has 1 aromatic heterocycles. The lowest BCUT2D eigenvalue weighted by Crippen LogP contribution is -2.47. The van der Waals surface area contributed by atoms with Crippen molar-refractivity contribution in [1.82, 2.24) is 15.1 Å². The quantitative estimate of drug-likeness (QED) is 0.565. The molecule has 3 aromatic rings. The molecule has 4 amide bonds. The average Bonchev–Trinajstić information content (AvgIpc) is 3.40. The Hall–Kier alpha value is -3.45. The monoisotopic (exact) mass is 459 g/mol. The maximum absolute atomic E-state index is 13.5. The van der Waals surface area contributed by atoms with Gasteiger partial charge in [-0.25, -0.2) is 4.79 Å². The van der Waals surface area contributed by atoms with E-state index in [2.05, 4.69) is 5.32 Å². The van der Waals surface area contributed by atoms with E-state index >= 15 is 0 Å². The molecule has 5 rings (SSSR count). The van der Waals surface area contributed by atoms with Gasteiger partial charge >= 0.3 is 6.03 Å². The highest BCUT2D eigenvalue weighted by Crippen LogP contribution is 2.42. The lowest BCUT2D eigenvalue weighted by atomic mass is 9.80. The number of carbonyl (C=O) groups excluding carboxylic acids is 3. The van der Waals surface area contributed by atoms with Crippen molar-refractivity contribution in [1.29, 1.82) is 0 Å². The minimum Gasteiger partial charge on any atom is -0.332 e. The van der Waals surface area contributed by atoms with E-state index in [-0.39, 0.29) is 18.4 Å². The predicted octanol–water partition coefficient (Wildman–Crippen LogP) is 4.06. The third-order valence-electron chi connectivity index (χ3n) is 6.42. The van der Waals surface area contributed by atoms with Crippen molar-refractivity contribution in [2.24, 2.45) is 0 Å². The van der Waals surface area contributed by atoms with Gasteiger partial charge in [0.05, 0.1) is 0 Å². The zero-order valence-electron chi connectivity index (χ0n) is 18.2. The Balaban J connectivity index is 1.38. The van der Waals surface area contributed by atoms with E-state index in [1.807, 2.05) is 72.1 Å². The number of benzene rings is 2. The normalized spacial score (nSPS) is 19.5. The summed E-state index contributed by atoms with van der Waals surface area (Å²) in [6.07, 6.45) is 2.30. The van der Waals surface area contributed by atoms with Crippen LogP contribution in [0.2, 0.25) is 0 Å². The minimum atomic E-state index is -1.03. The fourth-order valence-corrected chi connectivity index (χ4v) is 5.76. The van der Waals surface area contributed by atoms with Crippen LogP contribution in [0.1, 0.15) is 34.4 Å². The maximum atomic E-state index is 13.5. The molecule has 2 aromatic carbocycles. The molecule has 1 N–H and O–H groups in total. The molecule has 6 nitrogen and oxygen atoms in total. The number of nitrogens with zero attached hydrogens (tertiary/aromatic N) is 2. The summed E-state index contributed by atoms with van der Waals surface area (Å²) in [6, 6.07) is 20.9. The van der Waals surface area contributed by atoms with Crippen LogP contribution in [0.15, 0.2) is 72.1 Å². The van der Waals surface area contributed by atoms with Crippen LogP contribution >= 0.6 is 11.3 Å². The van der Waals surface area contributed by atoms with Gasteiger partial charge in [-0.3, -0.25) is 14.5 Å². The number of hydrogen-bond acceptors (Lipinski definition) is 4. The number of amides is 4. The van der Waals surface area contributed by atoms with Crippen molar-refractivity contribution < 1.29 is 14.4 Å². The van der Waals surface area contributed by atoms with E-state index in [1.165, 1.54) is 0 Å². The molecular weight excluding hydrogens is 434 g/mol. The summed E-state index contributed by atoms with van der Waals surface area (Å²) < 4.78 is 0. The van der Waals surface area contributed by atoms with Crippen LogP contribution in [-0.4, -0.2) is 34.2 Å². The lowest BCUT2D eigenvalue weighted by molar-refractivity contribution is -0.140. The smallest absolute Gasteiger partial charge is 0.325 e. The Labute approximate surface area is 196 Å². The van der Waals surface area contributed by atoms with E-state index in [0.717, 1.165) is 39.3 Å². The van der Waals surface area contributed by atoms with Gasteiger partial charge in [-0.15, -0.1) is 11.3 Å². The van der Waals surface area contributed by atoms with Crippen molar-refractivity contribution in [2.45, 2.75) is 37.9 Å². The molecule has 0 saturated carbocycles. The van der Waals surface area contributed by atoms with Gasteiger partial charge in [0.2, 0.25) is 5.91 Å². The third-order valence-corrected chi connectivity index (χ3v) is 7.40. The highest BCUT2D eigenvalue weighted by Gasteiger charge is 2.54. The Morgan fingerprint density at radius 3 is 2.24 bits per heavy atom. The fraction of sp³-hybridized carbons (Fsp3) is 0.269. The van der Waals surface area contributed by atoms with E-state index in [1.54, 1.807) is 16.2 Å². The van der Waals surface area contributed by atoms with Gasteiger partial charge in [0.1, 0.15) is 12.1 Å². The van der Waals surface area contributed by atoms with Crippen LogP contribution in [-0.2, 0) is 34.6 Å². The third kappa shape index (κ3) is 4.04. The van der Waals surface area contributed by atoms with Gasteiger partial charge < -0.3 is 10.2 Å². The fourth-order valence-electron chi connectivity index (χ4n) is 4.76. The second-order valence-electron chi connectivity index (χ2n) is 8.56. The first kappa shape index (κ1) is 21.4. The summed E-state index contributed by atoms with van der Waals surface area (Å²) in [5, 5.41) is 4.89. The Morgan fingerprint density at radius 1 is 0.970 bits per heavy atom. The van der Waals surface area contributed by atoms with Crippen LogP contribution in [0.5, 0.6) is 0 Å². The summed E-state index contributed by atoms with van der Waals surface area (Å²) in [7, 11) is 0. The summed E-state index contributed by atoms with van der Waals surface area (Å²) in [4.78, 5) is 43.7. The molecule has 1 spiro atoms. The Bertz CT molecular complexity index is 1140. The van der Waals surface area contributed by atoms with Crippen LogP contribution in [0.4, 0.5) is 4.79 Å². The van der Waals surface area contributed by atoms with Crippen molar-refractivity contribution in [3.8, 4) is 0 Å². The Morgan fingerprint density at radius 2 is 1.61 bits per heavy atom. The molecule has 1 aliphatic carbocycles. The molecule has 1 saturated heterocycles. The molecule has 2 aliphatic rings. The topological polar surface area (TPSA) is 69.7 Å². The number of carbonyl (C=O) groups is 3. The van der Waals surface area contributed by atoms with Crippen molar-refractivity contribution in [3.63, 3.8) is 0 Å². The van der Waals surface area contributed by atoms with Crippen LogP contribution in [0, 0.1) is 0 Å². The van der Waals surface area contributed by atoms with E-state index < -0.39 is 11.6 Å². The standard InChI is InChI=1S/C26H25N3O3S/c30-23(28(16-19-8-3-1-4-9-19)17-20-10-5-2-6-11-20)18-29-24(31)26(27-25(29)32)14-7-12-22-21(26)13-15-33-22/h1-6,8-11,13,15H,7,12,14,16-18H2,(H,27,32)/t26-/m1/s1. The minimum absolute atomic E-state index is 0.260. The first-order chi connectivity index (χ1) is 16.1. The molecule has 1 atom stereocenters. The van der Waals surface area contributed by atoms with Crippen LogP contribution in [0.25, 0.3) is 0 Å². The lowest BCUT2D eigenvalue weighted by Gasteiger charge is -2.31. The molecule has 1 aliphatic heterocycles. The molecule has 1 fully saturated rings. The summed E-state index contributed by atoms with van der Waals surface area (Å²) in [5.74, 6) is -0.579. The average molecular weight is 460 g/mol. The number of aryl methyl sites for hydroxylation is 1. The van der Waals surface area contributed by atoms with Gasteiger partial charge in [0, 0.05) is 23.5 Å². The zero-order valence-corrected chi connectivity index (χ0v) is 19.0. The predicted molar refractivity (Wildman–Crippen MR) is 126 cm³/mol. The number of nitrogens with one attached hydrogen (secondary N) is 1. The summed E-state index contributed by atoms with van der Waals surface area (Å²) in [6.45, 7) is 0.529. The number of rotatable bonds is 6. The number of urea groups is 1. The second-order valence-corrected chi connectivity index (χ2v) is 9.56. The second kappa shape index (κ2) is 8.83. The Kier molecular flexibility index (Phi) is 5.72. The molecule has 2 heterocycles. The highest BCUT2D eigenvalue weighted by molar-refractivity contribution is 7.10. The first-order valence-electron chi connectivity index (χ1n) is 11.1. The molecule has 0 unspecified atom stereocenters. The van der Waals surface area contributed by atoms with Crippen molar-refractivity contribution >= 4 is 29.2 Å². The van der Waals surface area contributed by atoms with Crippen LogP contribution < -0.4 is 5.32 Å². The number of fused-ring (bicyclic) bond motifs is 2. The van der Waals surface area contributed by atoms with Gasteiger partial charge in [0.15, 0.2) is 0 Å². The molecule has 0 radical (unpaired) electrons. The van der Waals surface area contributed by atoms with Gasteiger partial charge in [-0.05, 0) is 41.8 Å². The summed E-state index contributed by atoms with van der Waals surface area (Å²) in [5.41, 5.74) is 1.84. The van der Waals surface area contributed by atoms with Gasteiger partial charge in [0.25, 0.3) is 5.91 Å². The van der Waals surface area contributed by atoms with E-state index in [9.17, 15) is 14.4 Å². The largest absolute Gasteiger partial charge is 0.332 e. The van der Waals surface area contributed by atoms with Crippen molar-refractivity contribution in [3.05, 3.63) is 93.7 Å². The highest BCUT2D eigenvalue weighted by atomic mass is 32.1. The first-order valence-corrected chi connectivity index (χ1v) is 12.0. The van der Waals surface area contributed by atoms with Gasteiger partial charge in [-0.2, -0.15) is 0 Å². The molecule has 33 heavy (non-hydrogen) atoms. The molecular formula is C26H25N3O3S. The van der Waals surface area contributed by atoms with E-state index in [0.29, 0.717) is 19.5 Å².